The number of amides is 1. The highest BCUT2D eigenvalue weighted by Crippen LogP contribution is 2.19. The molecule has 0 heterocycles. The molecular weight excluding hydrogens is 293 g/mol. The summed E-state index contributed by atoms with van der Waals surface area (Å²) < 4.78 is 39.2. The van der Waals surface area contributed by atoms with E-state index in [1.807, 2.05) is 19.1 Å². The zero-order chi connectivity index (χ0) is 16.1. The summed E-state index contributed by atoms with van der Waals surface area (Å²) in [4.78, 5) is 11.8. The molecular formula is C16H15F3N2O. The molecule has 0 aliphatic rings. The summed E-state index contributed by atoms with van der Waals surface area (Å²) >= 11 is 0. The first-order chi connectivity index (χ1) is 10.5. The van der Waals surface area contributed by atoms with Gasteiger partial charge in [-0.3, -0.25) is 4.79 Å². The lowest BCUT2D eigenvalue weighted by molar-refractivity contribution is -0.115. The lowest BCUT2D eigenvalue weighted by Gasteiger charge is -2.10. The highest BCUT2D eigenvalue weighted by molar-refractivity contribution is 5.91. The molecule has 0 aliphatic heterocycles. The summed E-state index contributed by atoms with van der Waals surface area (Å²) in [5, 5.41) is 5.29. The van der Waals surface area contributed by atoms with Gasteiger partial charge in [0.25, 0.3) is 0 Å². The molecule has 2 aromatic carbocycles. The van der Waals surface area contributed by atoms with Crippen LogP contribution < -0.4 is 10.6 Å². The van der Waals surface area contributed by atoms with Crippen LogP contribution >= 0.6 is 0 Å². The predicted molar refractivity (Wildman–Crippen MR) is 79.2 cm³/mol. The van der Waals surface area contributed by atoms with Gasteiger partial charge in [0.2, 0.25) is 5.91 Å². The number of rotatable bonds is 5. The zero-order valence-electron chi connectivity index (χ0n) is 11.9. The fourth-order valence-corrected chi connectivity index (χ4v) is 1.90. The molecule has 0 bridgehead atoms. The smallest absolute Gasteiger partial charge is 0.226 e. The molecule has 2 rings (SSSR count). The Bertz CT molecular complexity index is 689. The monoisotopic (exact) mass is 308 g/mol. The third kappa shape index (κ3) is 3.78. The van der Waals surface area contributed by atoms with Crippen molar-refractivity contribution < 1.29 is 18.0 Å². The Balaban J connectivity index is 1.88. The summed E-state index contributed by atoms with van der Waals surface area (Å²) in [5.74, 6) is -4.33. The lowest BCUT2D eigenvalue weighted by Crippen LogP contribution is -2.17. The number of nitrogens with one attached hydrogen (secondary N) is 2. The molecule has 3 nitrogen and oxygen atoms in total. The molecule has 116 valence electrons. The van der Waals surface area contributed by atoms with E-state index >= 15 is 0 Å². The van der Waals surface area contributed by atoms with Gasteiger partial charge in [-0.25, -0.2) is 13.2 Å². The maximum absolute atomic E-state index is 13.4. The molecule has 0 unspecified atom stereocenters. The summed E-state index contributed by atoms with van der Waals surface area (Å²) in [6.45, 7) is 1.96. The van der Waals surface area contributed by atoms with E-state index in [1.165, 1.54) is 0 Å². The molecule has 22 heavy (non-hydrogen) atoms. The van der Waals surface area contributed by atoms with Gasteiger partial charge in [-0.2, -0.15) is 0 Å². The van der Waals surface area contributed by atoms with Gasteiger partial charge in [0.1, 0.15) is 0 Å². The Hall–Kier alpha value is -2.50. The third-order valence-corrected chi connectivity index (χ3v) is 3.12. The van der Waals surface area contributed by atoms with Crippen LogP contribution in [-0.2, 0) is 4.79 Å². The van der Waals surface area contributed by atoms with Crippen molar-refractivity contribution in [1.29, 1.82) is 0 Å². The van der Waals surface area contributed by atoms with Crippen molar-refractivity contribution in [3.8, 4) is 0 Å². The van der Waals surface area contributed by atoms with Gasteiger partial charge in [-0.15, -0.1) is 0 Å². The number of benzene rings is 2. The maximum atomic E-state index is 13.4. The van der Waals surface area contributed by atoms with Crippen molar-refractivity contribution in [1.82, 2.24) is 0 Å². The zero-order valence-corrected chi connectivity index (χ0v) is 11.9. The molecule has 2 aromatic rings. The minimum atomic E-state index is -1.53. The van der Waals surface area contributed by atoms with Crippen LogP contribution in [0.4, 0.5) is 24.5 Å². The SMILES string of the molecule is Cc1ccccc1NC(=O)CCNc1ccc(F)c(F)c1F. The summed E-state index contributed by atoms with van der Waals surface area (Å²) in [5.41, 5.74) is 1.45. The first-order valence-electron chi connectivity index (χ1n) is 6.72. The molecule has 1 amide bonds. The Morgan fingerprint density at radius 1 is 1.00 bits per heavy atom. The van der Waals surface area contributed by atoms with Crippen LogP contribution in [0.5, 0.6) is 0 Å². The molecule has 0 saturated carbocycles. The van der Waals surface area contributed by atoms with Crippen LogP contribution in [0.1, 0.15) is 12.0 Å². The Labute approximate surface area is 126 Å². The lowest BCUT2D eigenvalue weighted by atomic mass is 10.2. The van der Waals surface area contributed by atoms with Crippen LogP contribution in [0.15, 0.2) is 36.4 Å². The molecule has 0 saturated heterocycles. The maximum Gasteiger partial charge on any atom is 0.226 e. The summed E-state index contributed by atoms with van der Waals surface area (Å²) in [6, 6.07) is 9.22. The number of hydrogen-bond donors (Lipinski definition) is 2. The molecule has 0 aromatic heterocycles. The largest absolute Gasteiger partial charge is 0.382 e. The number of para-hydroxylation sites is 1. The number of carbonyl (C=O) groups is 1. The molecule has 0 spiro atoms. The Morgan fingerprint density at radius 2 is 1.73 bits per heavy atom. The van der Waals surface area contributed by atoms with Gasteiger partial charge in [-0.05, 0) is 30.7 Å². The van der Waals surface area contributed by atoms with E-state index < -0.39 is 17.5 Å². The highest BCUT2D eigenvalue weighted by atomic mass is 19.2. The fraction of sp³-hybridized carbons (Fsp3) is 0.188. The molecule has 0 fully saturated rings. The van der Waals surface area contributed by atoms with E-state index in [0.29, 0.717) is 5.69 Å². The average molecular weight is 308 g/mol. The second-order valence-corrected chi connectivity index (χ2v) is 4.76. The van der Waals surface area contributed by atoms with Crippen molar-refractivity contribution in [3.63, 3.8) is 0 Å². The second kappa shape index (κ2) is 6.98. The standard InChI is InChI=1S/C16H15F3N2O/c1-10-4-2-3-5-12(10)21-14(22)8-9-20-13-7-6-11(17)15(18)16(13)19/h2-7,20H,8-9H2,1H3,(H,21,22). The first kappa shape index (κ1) is 15.9. The van der Waals surface area contributed by atoms with Crippen LogP contribution in [0.25, 0.3) is 0 Å². The van der Waals surface area contributed by atoms with Crippen LogP contribution in [-0.4, -0.2) is 12.5 Å². The van der Waals surface area contributed by atoms with Crippen LogP contribution in [0.3, 0.4) is 0 Å². The number of anilines is 2. The van der Waals surface area contributed by atoms with E-state index in [9.17, 15) is 18.0 Å². The normalized spacial score (nSPS) is 10.4. The average Bonchev–Trinajstić information content (AvgIpc) is 2.50. The molecule has 0 radical (unpaired) electrons. The van der Waals surface area contributed by atoms with Crippen molar-refractivity contribution >= 4 is 17.3 Å². The third-order valence-electron chi connectivity index (χ3n) is 3.12. The van der Waals surface area contributed by atoms with Gasteiger partial charge in [-0.1, -0.05) is 18.2 Å². The van der Waals surface area contributed by atoms with Crippen molar-refractivity contribution in [2.75, 3.05) is 17.2 Å². The first-order valence-corrected chi connectivity index (χ1v) is 6.72. The number of aryl methyl sites for hydroxylation is 1. The minimum Gasteiger partial charge on any atom is -0.382 e. The summed E-state index contributed by atoms with van der Waals surface area (Å²) in [6.07, 6.45) is 0.0623. The van der Waals surface area contributed by atoms with E-state index in [-0.39, 0.29) is 24.6 Å². The number of hydrogen-bond acceptors (Lipinski definition) is 2. The molecule has 2 N–H and O–H groups in total. The molecule has 0 aliphatic carbocycles. The second-order valence-electron chi connectivity index (χ2n) is 4.76. The Morgan fingerprint density at radius 3 is 2.45 bits per heavy atom. The van der Waals surface area contributed by atoms with Gasteiger partial charge in [0.05, 0.1) is 5.69 Å². The van der Waals surface area contributed by atoms with Gasteiger partial charge < -0.3 is 10.6 Å². The molecule has 0 atom stereocenters. The Kier molecular flexibility index (Phi) is 5.04. The number of carbonyl (C=O) groups excluding carboxylic acids is 1. The molecule has 6 heteroatoms. The fourth-order valence-electron chi connectivity index (χ4n) is 1.90. The minimum absolute atomic E-state index is 0.0623. The van der Waals surface area contributed by atoms with E-state index in [0.717, 1.165) is 17.7 Å². The predicted octanol–water partition coefficient (Wildman–Crippen LogP) is 3.85. The topological polar surface area (TPSA) is 41.1 Å². The van der Waals surface area contributed by atoms with Crippen LogP contribution in [0.2, 0.25) is 0 Å². The summed E-state index contributed by atoms with van der Waals surface area (Å²) in [7, 11) is 0. The van der Waals surface area contributed by atoms with E-state index in [2.05, 4.69) is 10.6 Å². The van der Waals surface area contributed by atoms with Gasteiger partial charge >= 0.3 is 0 Å². The van der Waals surface area contributed by atoms with Gasteiger partial charge in [0, 0.05) is 18.7 Å². The van der Waals surface area contributed by atoms with Crippen molar-refractivity contribution in [2.24, 2.45) is 0 Å². The highest BCUT2D eigenvalue weighted by Gasteiger charge is 2.13. The van der Waals surface area contributed by atoms with Crippen molar-refractivity contribution in [2.45, 2.75) is 13.3 Å². The van der Waals surface area contributed by atoms with Crippen molar-refractivity contribution in [3.05, 3.63) is 59.4 Å². The van der Waals surface area contributed by atoms with E-state index in [1.54, 1.807) is 12.1 Å². The van der Waals surface area contributed by atoms with E-state index in [4.69, 9.17) is 0 Å². The van der Waals surface area contributed by atoms with Crippen LogP contribution in [0, 0.1) is 24.4 Å². The van der Waals surface area contributed by atoms with Gasteiger partial charge in [0.15, 0.2) is 17.5 Å². The number of halogens is 3. The quantitative estimate of drug-likeness (QED) is 0.824.